The van der Waals surface area contributed by atoms with E-state index in [4.69, 9.17) is 15.0 Å². The number of carbonyl (C=O) groups excluding carboxylic acids is 1. The predicted molar refractivity (Wildman–Crippen MR) is 80.4 cm³/mol. The molecule has 0 spiro atoms. The van der Waals surface area contributed by atoms with Gasteiger partial charge in [0.25, 0.3) is 0 Å². The lowest BCUT2D eigenvalue weighted by atomic mass is 9.76. The lowest BCUT2D eigenvalue weighted by Gasteiger charge is -2.32. The van der Waals surface area contributed by atoms with Crippen LogP contribution in [0.25, 0.3) is 6.08 Å². The third kappa shape index (κ3) is 2.79. The Labute approximate surface area is 120 Å². The molecule has 1 fully saturated rings. The zero-order valence-corrected chi connectivity index (χ0v) is 12.3. The first-order valence-electron chi connectivity index (χ1n) is 6.65. The smallest absolute Gasteiger partial charge is 0.399 e. The predicted octanol–water partition coefficient (Wildman–Crippen LogP) is 1.48. The standard InChI is InChI=1S/C15H20BNO3/c1-14(2)15(3,4)20-16(19-14)12-8-6-5-7-11(12)9-10-13(17)18/h5-10H,1-4H3,(H2,17,18). The van der Waals surface area contributed by atoms with Crippen molar-refractivity contribution in [2.24, 2.45) is 5.73 Å². The molecule has 0 aromatic heterocycles. The second-order valence-corrected chi connectivity index (χ2v) is 5.95. The minimum absolute atomic E-state index is 0.391. The van der Waals surface area contributed by atoms with Crippen LogP contribution in [-0.4, -0.2) is 24.2 Å². The molecule has 1 aliphatic rings. The summed E-state index contributed by atoms with van der Waals surface area (Å²) < 4.78 is 12.1. The average molecular weight is 273 g/mol. The van der Waals surface area contributed by atoms with Gasteiger partial charge in [-0.3, -0.25) is 4.79 Å². The minimum atomic E-state index is -0.478. The normalized spacial score (nSPS) is 20.5. The van der Waals surface area contributed by atoms with Crippen LogP contribution in [0.4, 0.5) is 0 Å². The Morgan fingerprint density at radius 2 is 1.70 bits per heavy atom. The van der Waals surface area contributed by atoms with E-state index >= 15 is 0 Å². The molecule has 0 bridgehead atoms. The van der Waals surface area contributed by atoms with E-state index in [1.807, 2.05) is 52.0 Å². The van der Waals surface area contributed by atoms with Crippen molar-refractivity contribution in [3.63, 3.8) is 0 Å². The van der Waals surface area contributed by atoms with E-state index in [2.05, 4.69) is 0 Å². The summed E-state index contributed by atoms with van der Waals surface area (Å²) in [4.78, 5) is 10.9. The van der Waals surface area contributed by atoms with Crippen LogP contribution in [0.5, 0.6) is 0 Å². The number of hydrogen-bond donors (Lipinski definition) is 1. The second-order valence-electron chi connectivity index (χ2n) is 5.95. The highest BCUT2D eigenvalue weighted by atomic mass is 16.7. The van der Waals surface area contributed by atoms with E-state index in [0.29, 0.717) is 0 Å². The average Bonchev–Trinajstić information content (AvgIpc) is 2.56. The molecule has 1 amide bonds. The van der Waals surface area contributed by atoms with E-state index in [0.717, 1.165) is 11.0 Å². The maximum atomic E-state index is 10.9. The molecule has 106 valence electrons. The molecule has 5 heteroatoms. The van der Waals surface area contributed by atoms with Crippen molar-refractivity contribution in [1.82, 2.24) is 0 Å². The van der Waals surface area contributed by atoms with Gasteiger partial charge in [0, 0.05) is 6.08 Å². The van der Waals surface area contributed by atoms with Gasteiger partial charge in [0.1, 0.15) is 0 Å². The van der Waals surface area contributed by atoms with Gasteiger partial charge in [-0.25, -0.2) is 0 Å². The molecule has 2 rings (SSSR count). The maximum Gasteiger partial charge on any atom is 0.495 e. The van der Waals surface area contributed by atoms with Gasteiger partial charge in [0.05, 0.1) is 11.2 Å². The van der Waals surface area contributed by atoms with Crippen LogP contribution in [0.2, 0.25) is 0 Å². The quantitative estimate of drug-likeness (QED) is 0.670. The second kappa shape index (κ2) is 5.07. The molecule has 0 atom stereocenters. The van der Waals surface area contributed by atoms with E-state index in [9.17, 15) is 4.79 Å². The van der Waals surface area contributed by atoms with Crippen molar-refractivity contribution in [1.29, 1.82) is 0 Å². The number of hydrogen-bond acceptors (Lipinski definition) is 3. The summed E-state index contributed by atoms with van der Waals surface area (Å²) in [7, 11) is -0.450. The molecule has 0 aliphatic carbocycles. The summed E-state index contributed by atoms with van der Waals surface area (Å²) >= 11 is 0. The Hall–Kier alpha value is -1.59. The summed E-state index contributed by atoms with van der Waals surface area (Å²) in [5.41, 5.74) is 6.12. The van der Waals surface area contributed by atoms with E-state index in [1.54, 1.807) is 6.08 Å². The molecule has 1 aliphatic heterocycles. The number of primary amides is 1. The lowest BCUT2D eigenvalue weighted by molar-refractivity contribution is -0.113. The first-order valence-corrected chi connectivity index (χ1v) is 6.65. The fraction of sp³-hybridized carbons (Fsp3) is 0.400. The molecule has 4 nitrogen and oxygen atoms in total. The van der Waals surface area contributed by atoms with Crippen LogP contribution in [0, 0.1) is 0 Å². The maximum absolute atomic E-state index is 10.9. The lowest BCUT2D eigenvalue weighted by Crippen LogP contribution is -2.41. The SMILES string of the molecule is CC1(C)OB(c2ccccc2C=CC(N)=O)OC1(C)C. The Morgan fingerprint density at radius 1 is 1.15 bits per heavy atom. The number of rotatable bonds is 3. The number of benzene rings is 1. The van der Waals surface area contributed by atoms with Gasteiger partial charge < -0.3 is 15.0 Å². The van der Waals surface area contributed by atoms with Crippen LogP contribution in [0.1, 0.15) is 33.3 Å². The summed E-state index contributed by atoms with van der Waals surface area (Å²) in [6.07, 6.45) is 3.02. The number of nitrogens with two attached hydrogens (primary N) is 1. The van der Waals surface area contributed by atoms with Crippen molar-refractivity contribution < 1.29 is 14.1 Å². The largest absolute Gasteiger partial charge is 0.495 e. The molecule has 2 N–H and O–H groups in total. The van der Waals surface area contributed by atoms with Gasteiger partial charge in [-0.15, -0.1) is 0 Å². The topological polar surface area (TPSA) is 61.5 Å². The van der Waals surface area contributed by atoms with Crippen LogP contribution in [-0.2, 0) is 14.1 Å². The van der Waals surface area contributed by atoms with Crippen molar-refractivity contribution >= 4 is 24.6 Å². The first-order chi connectivity index (χ1) is 9.23. The van der Waals surface area contributed by atoms with Crippen LogP contribution in [0.15, 0.2) is 30.3 Å². The van der Waals surface area contributed by atoms with Gasteiger partial charge in [-0.2, -0.15) is 0 Å². The highest BCUT2D eigenvalue weighted by Crippen LogP contribution is 2.36. The van der Waals surface area contributed by atoms with Crippen LogP contribution in [0.3, 0.4) is 0 Å². The van der Waals surface area contributed by atoms with E-state index in [1.165, 1.54) is 6.08 Å². The fourth-order valence-corrected chi connectivity index (χ4v) is 2.02. The Kier molecular flexibility index (Phi) is 3.76. The van der Waals surface area contributed by atoms with Crippen molar-refractivity contribution in [3.8, 4) is 0 Å². The summed E-state index contributed by atoms with van der Waals surface area (Å²) in [6.45, 7) is 8.04. The van der Waals surface area contributed by atoms with Crippen LogP contribution >= 0.6 is 0 Å². The molecular weight excluding hydrogens is 253 g/mol. The highest BCUT2D eigenvalue weighted by molar-refractivity contribution is 6.63. The first kappa shape index (κ1) is 14.8. The van der Waals surface area contributed by atoms with Gasteiger partial charge in [-0.1, -0.05) is 24.3 Å². The van der Waals surface area contributed by atoms with Crippen molar-refractivity contribution in [2.75, 3.05) is 0 Å². The van der Waals surface area contributed by atoms with Crippen LogP contribution < -0.4 is 11.2 Å². The van der Waals surface area contributed by atoms with Gasteiger partial charge in [0.2, 0.25) is 5.91 Å². The van der Waals surface area contributed by atoms with Gasteiger partial charge >= 0.3 is 7.12 Å². The Morgan fingerprint density at radius 3 is 2.25 bits per heavy atom. The summed E-state index contributed by atoms with van der Waals surface area (Å²) in [5, 5.41) is 0. The minimum Gasteiger partial charge on any atom is -0.399 e. The third-order valence-electron chi connectivity index (χ3n) is 3.93. The highest BCUT2D eigenvalue weighted by Gasteiger charge is 2.52. The molecule has 0 unspecified atom stereocenters. The van der Waals surface area contributed by atoms with Gasteiger partial charge in [-0.05, 0) is 44.8 Å². The van der Waals surface area contributed by atoms with Gasteiger partial charge in [0.15, 0.2) is 0 Å². The van der Waals surface area contributed by atoms with E-state index in [-0.39, 0.29) is 0 Å². The zero-order chi connectivity index (χ0) is 15.0. The number of amides is 1. The van der Waals surface area contributed by atoms with E-state index < -0.39 is 24.2 Å². The summed E-state index contributed by atoms with van der Waals surface area (Å²) in [6, 6.07) is 7.65. The molecule has 20 heavy (non-hydrogen) atoms. The molecule has 1 saturated heterocycles. The Balaban J connectivity index is 2.33. The van der Waals surface area contributed by atoms with Crippen molar-refractivity contribution in [2.45, 2.75) is 38.9 Å². The molecule has 0 radical (unpaired) electrons. The molecular formula is C15H20BNO3. The Bertz CT molecular complexity index is 536. The zero-order valence-electron chi connectivity index (χ0n) is 12.3. The summed E-state index contributed by atoms with van der Waals surface area (Å²) in [5.74, 6) is -0.478. The number of carbonyl (C=O) groups is 1. The molecule has 1 aromatic rings. The monoisotopic (exact) mass is 273 g/mol. The van der Waals surface area contributed by atoms with Crippen molar-refractivity contribution in [3.05, 3.63) is 35.9 Å². The molecule has 1 heterocycles. The molecule has 0 saturated carbocycles. The fourth-order valence-electron chi connectivity index (χ4n) is 2.02. The third-order valence-corrected chi connectivity index (χ3v) is 3.93. The molecule has 1 aromatic carbocycles.